The molecule has 2 fully saturated rings. The third-order valence-electron chi connectivity index (χ3n) is 8.08. The van der Waals surface area contributed by atoms with E-state index in [4.69, 9.17) is 43.7 Å². The summed E-state index contributed by atoms with van der Waals surface area (Å²) in [6, 6.07) is 3.54. The third kappa shape index (κ3) is 6.69. The Balaban J connectivity index is 0.000000175. The molecule has 4 aromatic rings. The van der Waals surface area contributed by atoms with E-state index in [0.717, 1.165) is 58.4 Å². The number of azide groups is 2. The standard InChI is InChI=1S/2C15H16ClN5O/c2*1-3-15(2,20-21-17)12-8-19-14(22-9-4-5-9)11-7-18-13(16)6-10(11)12/h2*6-9H,3-5H2,1-2H3/t2*15-/m10/s1. The van der Waals surface area contributed by atoms with Gasteiger partial charge in [-0.1, -0.05) is 47.3 Å². The first-order chi connectivity index (χ1) is 21.1. The molecule has 12 nitrogen and oxygen atoms in total. The van der Waals surface area contributed by atoms with E-state index in [9.17, 15) is 0 Å². The second-order valence-electron chi connectivity index (χ2n) is 11.3. The fourth-order valence-electron chi connectivity index (χ4n) is 4.73. The number of halogens is 2. The minimum atomic E-state index is -0.692. The van der Waals surface area contributed by atoms with Crippen molar-refractivity contribution in [3.05, 3.63) is 79.2 Å². The molecule has 2 aliphatic rings. The molecule has 4 aromatic heterocycles. The summed E-state index contributed by atoms with van der Waals surface area (Å²) in [5, 5.41) is 12.0. The molecule has 2 saturated carbocycles. The van der Waals surface area contributed by atoms with Gasteiger partial charge in [-0.25, -0.2) is 19.9 Å². The molecule has 2 atom stereocenters. The number of ether oxygens (including phenoxy) is 2. The minimum absolute atomic E-state index is 0.243. The van der Waals surface area contributed by atoms with Crippen LogP contribution in [0, 0.1) is 0 Å². The highest BCUT2D eigenvalue weighted by molar-refractivity contribution is 6.30. The van der Waals surface area contributed by atoms with Crippen LogP contribution >= 0.6 is 23.2 Å². The first-order valence-electron chi connectivity index (χ1n) is 14.5. The topological polar surface area (TPSA) is 168 Å². The lowest BCUT2D eigenvalue weighted by Gasteiger charge is -2.24. The van der Waals surface area contributed by atoms with Crippen molar-refractivity contribution in [3.8, 4) is 11.8 Å². The maximum Gasteiger partial charge on any atom is 0.223 e. The summed E-state index contributed by atoms with van der Waals surface area (Å²) >= 11 is 12.1. The Hall–Kier alpha value is -4.08. The van der Waals surface area contributed by atoms with E-state index < -0.39 is 11.1 Å². The zero-order valence-corrected chi connectivity index (χ0v) is 26.4. The van der Waals surface area contributed by atoms with Gasteiger partial charge in [-0.3, -0.25) is 0 Å². The van der Waals surface area contributed by atoms with Gasteiger partial charge in [-0.15, -0.1) is 0 Å². The first-order valence-corrected chi connectivity index (χ1v) is 15.3. The number of aromatic nitrogens is 4. The van der Waals surface area contributed by atoms with Crippen molar-refractivity contribution in [3.63, 3.8) is 0 Å². The Morgan fingerprint density at radius 3 is 1.41 bits per heavy atom. The van der Waals surface area contributed by atoms with Gasteiger partial charge in [0.25, 0.3) is 0 Å². The predicted octanol–water partition coefficient (Wildman–Crippen LogP) is 9.52. The SMILES string of the molecule is CC[C@@](C)(N=[N+]=[N-])c1cnc(OC2CC2)c2cnc(Cl)cc12.CC[C@](C)(N=[N+]=[N-])c1cnc(OC2CC2)c2cnc(Cl)cc12. The molecular weight excluding hydrogens is 603 g/mol. The molecule has 2 aliphatic carbocycles. The van der Waals surface area contributed by atoms with Crippen LogP contribution in [0.15, 0.2) is 47.1 Å². The van der Waals surface area contributed by atoms with Crippen LogP contribution in [0.5, 0.6) is 11.8 Å². The van der Waals surface area contributed by atoms with Crippen LogP contribution in [0.25, 0.3) is 42.4 Å². The van der Waals surface area contributed by atoms with Crippen LogP contribution in [-0.2, 0) is 11.1 Å². The lowest BCUT2D eigenvalue weighted by molar-refractivity contribution is 0.294. The molecule has 44 heavy (non-hydrogen) atoms. The predicted molar refractivity (Wildman–Crippen MR) is 170 cm³/mol. The van der Waals surface area contributed by atoms with Crippen molar-refractivity contribution >= 4 is 44.7 Å². The molecule has 0 saturated heterocycles. The summed E-state index contributed by atoms with van der Waals surface area (Å²) in [4.78, 5) is 23.1. The zero-order valence-electron chi connectivity index (χ0n) is 24.9. The van der Waals surface area contributed by atoms with E-state index in [1.54, 1.807) is 36.9 Å². The van der Waals surface area contributed by atoms with Crippen molar-refractivity contribution < 1.29 is 9.47 Å². The molecule has 0 spiro atoms. The van der Waals surface area contributed by atoms with Crippen molar-refractivity contribution in [2.75, 3.05) is 0 Å². The fraction of sp³-hybridized carbons (Fsp3) is 0.467. The number of nitrogens with zero attached hydrogens (tertiary/aromatic N) is 10. The van der Waals surface area contributed by atoms with Crippen LogP contribution < -0.4 is 9.47 Å². The van der Waals surface area contributed by atoms with Crippen LogP contribution in [0.4, 0.5) is 0 Å². The highest BCUT2D eigenvalue weighted by atomic mass is 35.5. The summed E-state index contributed by atoms with van der Waals surface area (Å²) in [5.74, 6) is 1.12. The minimum Gasteiger partial charge on any atom is -0.474 e. The number of pyridine rings is 4. The van der Waals surface area contributed by atoms with Crippen LogP contribution in [0.3, 0.4) is 0 Å². The summed E-state index contributed by atoms with van der Waals surface area (Å²) in [7, 11) is 0. The van der Waals surface area contributed by atoms with Gasteiger partial charge in [0.2, 0.25) is 11.8 Å². The Kier molecular flexibility index (Phi) is 9.18. The average Bonchev–Trinajstić information content (AvgIpc) is 3.95. The van der Waals surface area contributed by atoms with Crippen molar-refractivity contribution in [1.29, 1.82) is 0 Å². The van der Waals surface area contributed by atoms with Gasteiger partial charge in [-0.2, -0.15) is 0 Å². The molecule has 4 heterocycles. The fourth-order valence-corrected chi connectivity index (χ4v) is 5.05. The Morgan fingerprint density at radius 1 is 0.705 bits per heavy atom. The number of hydrogen-bond acceptors (Lipinski definition) is 8. The lowest BCUT2D eigenvalue weighted by atomic mass is 9.88. The van der Waals surface area contributed by atoms with Gasteiger partial charge >= 0.3 is 0 Å². The highest BCUT2D eigenvalue weighted by Crippen LogP contribution is 2.40. The average molecular weight is 636 g/mol. The Morgan fingerprint density at radius 2 is 1.09 bits per heavy atom. The first kappa shape index (κ1) is 31.3. The quantitative estimate of drug-likeness (QED) is 0.0727. The summed E-state index contributed by atoms with van der Waals surface area (Å²) in [5.41, 5.74) is 18.0. The highest BCUT2D eigenvalue weighted by Gasteiger charge is 2.31. The molecule has 0 bridgehead atoms. The molecule has 6 rings (SSSR count). The van der Waals surface area contributed by atoms with E-state index in [2.05, 4.69) is 40.0 Å². The van der Waals surface area contributed by atoms with E-state index in [-0.39, 0.29) is 12.2 Å². The Labute approximate surface area is 264 Å². The van der Waals surface area contributed by atoms with Gasteiger partial charge in [0, 0.05) is 34.6 Å². The van der Waals surface area contributed by atoms with E-state index in [1.165, 1.54) is 0 Å². The molecule has 14 heteroatoms. The molecule has 0 aromatic carbocycles. The van der Waals surface area contributed by atoms with Gasteiger partial charge < -0.3 is 9.47 Å². The van der Waals surface area contributed by atoms with Gasteiger partial charge in [0.1, 0.15) is 22.5 Å². The number of fused-ring (bicyclic) bond motifs is 2. The zero-order chi connectivity index (χ0) is 31.5. The molecule has 0 aliphatic heterocycles. The summed E-state index contributed by atoms with van der Waals surface area (Å²) in [6.45, 7) is 7.72. The normalized spacial score (nSPS) is 16.9. The van der Waals surface area contributed by atoms with Gasteiger partial charge in [0.15, 0.2) is 0 Å². The smallest absolute Gasteiger partial charge is 0.223 e. The second-order valence-corrected chi connectivity index (χ2v) is 12.1. The molecular formula is C30H32Cl2N10O2. The van der Waals surface area contributed by atoms with Crippen molar-refractivity contribution in [2.45, 2.75) is 89.5 Å². The molecule has 228 valence electrons. The third-order valence-corrected chi connectivity index (χ3v) is 8.49. The van der Waals surface area contributed by atoms with Crippen LogP contribution in [0.2, 0.25) is 10.3 Å². The molecule has 0 N–H and O–H groups in total. The van der Waals surface area contributed by atoms with Gasteiger partial charge in [0.05, 0.1) is 21.9 Å². The summed E-state index contributed by atoms with van der Waals surface area (Å²) in [6.07, 6.45) is 12.8. The van der Waals surface area contributed by atoms with Gasteiger partial charge in [-0.05, 0) is 97.5 Å². The molecule has 0 unspecified atom stereocenters. The van der Waals surface area contributed by atoms with Crippen LogP contribution in [-0.4, -0.2) is 32.1 Å². The van der Waals surface area contributed by atoms with Crippen molar-refractivity contribution in [2.24, 2.45) is 10.2 Å². The van der Waals surface area contributed by atoms with E-state index >= 15 is 0 Å². The number of hydrogen-bond donors (Lipinski definition) is 0. The number of rotatable bonds is 10. The molecule has 0 radical (unpaired) electrons. The lowest BCUT2D eigenvalue weighted by Crippen LogP contribution is -2.18. The Bertz CT molecular complexity index is 1670. The van der Waals surface area contributed by atoms with Crippen molar-refractivity contribution in [1.82, 2.24) is 19.9 Å². The maximum atomic E-state index is 8.88. The molecule has 0 amide bonds. The largest absolute Gasteiger partial charge is 0.474 e. The van der Waals surface area contributed by atoms with Crippen LogP contribution in [0.1, 0.15) is 77.3 Å². The maximum absolute atomic E-state index is 8.88. The second kappa shape index (κ2) is 12.9. The van der Waals surface area contributed by atoms with E-state index in [1.807, 2.05) is 27.7 Å². The monoisotopic (exact) mass is 634 g/mol. The summed E-state index contributed by atoms with van der Waals surface area (Å²) < 4.78 is 11.7. The van der Waals surface area contributed by atoms with E-state index in [0.29, 0.717) is 34.9 Å².